The van der Waals surface area contributed by atoms with Crippen molar-refractivity contribution in [3.8, 4) is 12.3 Å². The predicted molar refractivity (Wildman–Crippen MR) is 70.1 cm³/mol. The molecule has 1 heteroatoms. The second kappa shape index (κ2) is 6.74. The highest BCUT2D eigenvalue weighted by atomic mass is 14.9. The van der Waals surface area contributed by atoms with Crippen LogP contribution in [0.25, 0.3) is 0 Å². The van der Waals surface area contributed by atoms with E-state index in [0.29, 0.717) is 12.5 Å². The van der Waals surface area contributed by atoms with E-state index < -0.39 is 0 Å². The van der Waals surface area contributed by atoms with Gasteiger partial charge in [0.15, 0.2) is 0 Å². The van der Waals surface area contributed by atoms with Crippen LogP contribution in [-0.2, 0) is 0 Å². The summed E-state index contributed by atoms with van der Waals surface area (Å²) in [6, 6.07) is 10.5. The van der Waals surface area contributed by atoms with Gasteiger partial charge < -0.3 is 5.32 Å². The van der Waals surface area contributed by atoms with Crippen molar-refractivity contribution >= 4 is 0 Å². The molecule has 1 N–H and O–H groups in total. The fourth-order valence-electron chi connectivity index (χ4n) is 1.60. The Morgan fingerprint density at radius 1 is 1.44 bits per heavy atom. The Morgan fingerprint density at radius 2 is 2.12 bits per heavy atom. The third-order valence-corrected chi connectivity index (χ3v) is 2.69. The summed E-state index contributed by atoms with van der Waals surface area (Å²) < 4.78 is 0. The maximum absolute atomic E-state index is 5.17. The van der Waals surface area contributed by atoms with Gasteiger partial charge in [-0.1, -0.05) is 49.8 Å². The van der Waals surface area contributed by atoms with Crippen molar-refractivity contribution in [1.29, 1.82) is 0 Å². The quantitative estimate of drug-likeness (QED) is 0.715. The highest BCUT2D eigenvalue weighted by molar-refractivity contribution is 5.18. The van der Waals surface area contributed by atoms with E-state index in [-0.39, 0.29) is 0 Å². The number of hydrogen-bond acceptors (Lipinski definition) is 1. The number of benzene rings is 1. The molecular formula is C15H19N. The van der Waals surface area contributed by atoms with Crippen LogP contribution in [0.5, 0.6) is 0 Å². The Balaban J connectivity index is 2.33. The molecule has 0 spiro atoms. The number of terminal acetylenes is 1. The van der Waals surface area contributed by atoms with Crippen LogP contribution in [0.2, 0.25) is 0 Å². The van der Waals surface area contributed by atoms with E-state index in [9.17, 15) is 0 Å². The third kappa shape index (κ3) is 4.23. The van der Waals surface area contributed by atoms with E-state index in [1.165, 1.54) is 5.56 Å². The summed E-state index contributed by atoms with van der Waals surface area (Å²) in [5.41, 5.74) is 2.41. The summed E-state index contributed by atoms with van der Waals surface area (Å²) in [6.45, 7) is 6.76. The molecule has 1 aromatic rings. The Morgan fingerprint density at radius 3 is 2.75 bits per heavy atom. The van der Waals surface area contributed by atoms with Gasteiger partial charge in [0.25, 0.3) is 0 Å². The number of hydrogen-bond donors (Lipinski definition) is 1. The standard InChI is InChI=1S/C15H19N/c1-4-12-16-14(3)11-10-13(2)15-8-6-5-7-9-15/h1,5-9,13,16H,3,10-12H2,2H3. The smallest absolute Gasteiger partial charge is 0.0760 e. The van der Waals surface area contributed by atoms with Gasteiger partial charge in [0, 0.05) is 5.70 Å². The molecule has 0 aromatic heterocycles. The second-order valence-electron chi connectivity index (χ2n) is 4.01. The maximum atomic E-state index is 5.17. The highest BCUT2D eigenvalue weighted by Crippen LogP contribution is 2.21. The molecule has 0 aliphatic rings. The minimum Gasteiger partial charge on any atom is -0.378 e. The van der Waals surface area contributed by atoms with Crippen LogP contribution in [0.3, 0.4) is 0 Å². The topological polar surface area (TPSA) is 12.0 Å². The van der Waals surface area contributed by atoms with Gasteiger partial charge in [-0.3, -0.25) is 0 Å². The van der Waals surface area contributed by atoms with Crippen molar-refractivity contribution in [2.75, 3.05) is 6.54 Å². The lowest BCUT2D eigenvalue weighted by molar-refractivity contribution is 0.653. The van der Waals surface area contributed by atoms with Crippen LogP contribution in [0.15, 0.2) is 42.6 Å². The fraction of sp³-hybridized carbons (Fsp3) is 0.333. The molecule has 1 atom stereocenters. The summed E-state index contributed by atoms with van der Waals surface area (Å²) in [6.07, 6.45) is 7.24. The molecular weight excluding hydrogens is 194 g/mol. The zero-order chi connectivity index (χ0) is 11.8. The van der Waals surface area contributed by atoms with Crippen LogP contribution < -0.4 is 5.32 Å². The van der Waals surface area contributed by atoms with Gasteiger partial charge in [-0.25, -0.2) is 0 Å². The summed E-state index contributed by atoms with van der Waals surface area (Å²) in [5.74, 6) is 3.11. The molecule has 0 amide bonds. The summed E-state index contributed by atoms with van der Waals surface area (Å²) in [4.78, 5) is 0. The van der Waals surface area contributed by atoms with Crippen molar-refractivity contribution in [2.24, 2.45) is 0 Å². The molecule has 0 aliphatic carbocycles. The lowest BCUT2D eigenvalue weighted by Gasteiger charge is -2.13. The first kappa shape index (κ1) is 12.4. The van der Waals surface area contributed by atoms with Crippen LogP contribution >= 0.6 is 0 Å². The Hall–Kier alpha value is -1.68. The predicted octanol–water partition coefficient (Wildman–Crippen LogP) is 3.31. The van der Waals surface area contributed by atoms with Gasteiger partial charge in [0.05, 0.1) is 6.54 Å². The largest absolute Gasteiger partial charge is 0.378 e. The molecule has 1 aromatic carbocycles. The Bertz CT molecular complexity index is 359. The third-order valence-electron chi connectivity index (χ3n) is 2.69. The number of rotatable bonds is 6. The molecule has 0 saturated carbocycles. The summed E-state index contributed by atoms with van der Waals surface area (Å²) in [5, 5.41) is 3.11. The molecule has 0 aliphatic heterocycles. The first-order valence-electron chi connectivity index (χ1n) is 5.64. The minimum absolute atomic E-state index is 0.561. The minimum atomic E-state index is 0.561. The molecule has 0 bridgehead atoms. The van der Waals surface area contributed by atoms with Crippen LogP contribution in [-0.4, -0.2) is 6.54 Å². The van der Waals surface area contributed by atoms with Crippen LogP contribution in [0.4, 0.5) is 0 Å². The van der Waals surface area contributed by atoms with E-state index >= 15 is 0 Å². The summed E-state index contributed by atoms with van der Waals surface area (Å²) in [7, 11) is 0. The van der Waals surface area contributed by atoms with Gasteiger partial charge in [-0.05, 0) is 24.3 Å². The van der Waals surface area contributed by atoms with E-state index in [1.54, 1.807) is 0 Å². The molecule has 84 valence electrons. The average Bonchev–Trinajstić information content (AvgIpc) is 2.34. The van der Waals surface area contributed by atoms with Gasteiger partial charge in [0.2, 0.25) is 0 Å². The monoisotopic (exact) mass is 213 g/mol. The molecule has 0 fully saturated rings. The normalized spacial score (nSPS) is 11.5. The van der Waals surface area contributed by atoms with Crippen molar-refractivity contribution in [1.82, 2.24) is 5.32 Å². The van der Waals surface area contributed by atoms with Crippen LogP contribution in [0.1, 0.15) is 31.2 Å². The van der Waals surface area contributed by atoms with E-state index in [1.807, 2.05) is 6.07 Å². The molecule has 1 rings (SSSR count). The SMILES string of the molecule is C#CCNC(=C)CCC(C)c1ccccc1. The van der Waals surface area contributed by atoms with Crippen LogP contribution in [0, 0.1) is 12.3 Å². The lowest BCUT2D eigenvalue weighted by Crippen LogP contribution is -2.12. The number of nitrogens with one attached hydrogen (secondary N) is 1. The zero-order valence-electron chi connectivity index (χ0n) is 9.87. The van der Waals surface area contributed by atoms with Gasteiger partial charge in [-0.2, -0.15) is 0 Å². The van der Waals surface area contributed by atoms with E-state index in [2.05, 4.69) is 49.0 Å². The molecule has 0 radical (unpaired) electrons. The van der Waals surface area contributed by atoms with Crippen molar-refractivity contribution in [3.05, 3.63) is 48.2 Å². The first-order valence-corrected chi connectivity index (χ1v) is 5.64. The Kier molecular flexibility index (Phi) is 5.22. The van der Waals surface area contributed by atoms with Gasteiger partial charge in [0.1, 0.15) is 0 Å². The molecule has 16 heavy (non-hydrogen) atoms. The lowest BCUT2D eigenvalue weighted by atomic mass is 9.96. The first-order chi connectivity index (χ1) is 7.74. The molecule has 1 nitrogen and oxygen atoms in total. The van der Waals surface area contributed by atoms with Crippen molar-refractivity contribution < 1.29 is 0 Å². The van der Waals surface area contributed by atoms with Crippen molar-refractivity contribution in [2.45, 2.75) is 25.7 Å². The van der Waals surface area contributed by atoms with E-state index in [0.717, 1.165) is 18.5 Å². The van der Waals surface area contributed by atoms with Crippen molar-refractivity contribution in [3.63, 3.8) is 0 Å². The van der Waals surface area contributed by atoms with E-state index in [4.69, 9.17) is 6.42 Å². The fourth-order valence-corrected chi connectivity index (χ4v) is 1.60. The molecule has 0 heterocycles. The summed E-state index contributed by atoms with van der Waals surface area (Å²) >= 11 is 0. The Labute approximate surface area is 98.6 Å². The number of allylic oxidation sites excluding steroid dienone is 1. The zero-order valence-corrected chi connectivity index (χ0v) is 9.87. The van der Waals surface area contributed by atoms with Gasteiger partial charge in [-0.15, -0.1) is 6.42 Å². The van der Waals surface area contributed by atoms with Gasteiger partial charge >= 0.3 is 0 Å². The molecule has 1 unspecified atom stereocenters. The molecule has 0 saturated heterocycles. The average molecular weight is 213 g/mol. The second-order valence-corrected chi connectivity index (χ2v) is 4.01. The maximum Gasteiger partial charge on any atom is 0.0760 e. The highest BCUT2D eigenvalue weighted by Gasteiger charge is 2.04.